The van der Waals surface area contributed by atoms with Crippen molar-refractivity contribution in [3.05, 3.63) is 50.7 Å². The number of hydrogen-bond acceptors (Lipinski definition) is 3. The van der Waals surface area contributed by atoms with E-state index < -0.39 is 17.5 Å². The fourth-order valence-corrected chi connectivity index (χ4v) is 2.81. The number of carboxylic acid groups (broad SMARTS) is 1. The van der Waals surface area contributed by atoms with Crippen LogP contribution in [0.15, 0.2) is 18.2 Å². The quantitative estimate of drug-likeness (QED) is 0.866. The van der Waals surface area contributed by atoms with Gasteiger partial charge in [-0.25, -0.2) is 14.2 Å². The summed E-state index contributed by atoms with van der Waals surface area (Å²) in [5, 5.41) is 9.59. The first-order chi connectivity index (χ1) is 9.68. The van der Waals surface area contributed by atoms with E-state index in [0.29, 0.717) is 5.01 Å². The molecule has 0 saturated heterocycles. The summed E-state index contributed by atoms with van der Waals surface area (Å²) in [4.78, 5) is 15.1. The van der Waals surface area contributed by atoms with Gasteiger partial charge in [-0.3, -0.25) is 0 Å². The summed E-state index contributed by atoms with van der Waals surface area (Å²) in [6, 6.07) is 2.97. The maximum absolute atomic E-state index is 13.8. The summed E-state index contributed by atoms with van der Waals surface area (Å²) >= 11 is 0.972. The van der Waals surface area contributed by atoms with Crippen LogP contribution in [0.2, 0.25) is 0 Å². The fraction of sp³-hybridized carbons (Fsp3) is 0.231. The number of halogens is 3. The standard InChI is InChI=1S/C13H11F3NO2PS/c1-6-17-10(11(21-6)12(18)19)5-7-4-8(13(15,16)20)2-3-9(7)14/h2-4H,5,20H2,1H3,(H,18,19). The first kappa shape index (κ1) is 15.9. The van der Waals surface area contributed by atoms with Crippen LogP contribution >= 0.6 is 20.6 Å². The van der Waals surface area contributed by atoms with E-state index in [2.05, 4.69) is 4.98 Å². The van der Waals surface area contributed by atoms with Crippen LogP contribution in [-0.2, 0) is 12.1 Å². The molecule has 1 aromatic heterocycles. The summed E-state index contributed by atoms with van der Waals surface area (Å²) in [5.41, 5.74) is -3.36. The van der Waals surface area contributed by atoms with Gasteiger partial charge < -0.3 is 5.11 Å². The molecule has 0 fully saturated rings. The van der Waals surface area contributed by atoms with E-state index in [-0.39, 0.29) is 28.1 Å². The maximum Gasteiger partial charge on any atom is 0.347 e. The third-order valence-electron chi connectivity index (χ3n) is 2.79. The van der Waals surface area contributed by atoms with Crippen LogP contribution in [0.4, 0.5) is 13.2 Å². The number of hydrogen-bond donors (Lipinski definition) is 1. The lowest BCUT2D eigenvalue weighted by molar-refractivity contribution is 0.0700. The van der Waals surface area contributed by atoms with Gasteiger partial charge in [0.15, 0.2) is 0 Å². The molecule has 0 aliphatic carbocycles. The predicted molar refractivity (Wildman–Crippen MR) is 76.6 cm³/mol. The molecule has 3 nitrogen and oxygen atoms in total. The second-order valence-electron chi connectivity index (χ2n) is 4.42. The number of carboxylic acids is 1. The number of aromatic nitrogens is 1. The van der Waals surface area contributed by atoms with E-state index in [1.54, 1.807) is 6.92 Å². The molecule has 21 heavy (non-hydrogen) atoms. The molecule has 0 saturated carbocycles. The summed E-state index contributed by atoms with van der Waals surface area (Å²) < 4.78 is 40.3. The number of nitrogens with zero attached hydrogens (tertiary/aromatic N) is 1. The van der Waals surface area contributed by atoms with E-state index in [1.165, 1.54) is 9.24 Å². The van der Waals surface area contributed by atoms with E-state index in [9.17, 15) is 18.0 Å². The molecule has 0 spiro atoms. The molecular weight excluding hydrogens is 322 g/mol. The summed E-state index contributed by atoms with van der Waals surface area (Å²) in [6.45, 7) is 1.63. The number of aryl methyl sites for hydroxylation is 1. The lowest BCUT2D eigenvalue weighted by Crippen LogP contribution is -2.06. The maximum atomic E-state index is 13.8. The van der Waals surface area contributed by atoms with Crippen molar-refractivity contribution >= 4 is 26.5 Å². The number of rotatable bonds is 4. The Morgan fingerprint density at radius 1 is 1.48 bits per heavy atom. The van der Waals surface area contributed by atoms with Crippen LogP contribution in [0.5, 0.6) is 0 Å². The van der Waals surface area contributed by atoms with Crippen LogP contribution in [-0.4, -0.2) is 16.1 Å². The summed E-state index contributed by atoms with van der Waals surface area (Å²) in [6.07, 6.45) is -0.146. The smallest absolute Gasteiger partial charge is 0.347 e. The Hall–Kier alpha value is -1.46. The van der Waals surface area contributed by atoms with Crippen molar-refractivity contribution in [2.45, 2.75) is 19.0 Å². The van der Waals surface area contributed by atoms with Crippen LogP contribution in [0.3, 0.4) is 0 Å². The predicted octanol–water partition coefficient (Wildman–Crippen LogP) is 3.80. The number of alkyl halides is 2. The molecule has 2 rings (SSSR count). The molecule has 0 aliphatic rings. The van der Waals surface area contributed by atoms with Gasteiger partial charge in [0.1, 0.15) is 10.7 Å². The average Bonchev–Trinajstić information content (AvgIpc) is 2.72. The van der Waals surface area contributed by atoms with Crippen LogP contribution in [0.1, 0.15) is 31.5 Å². The van der Waals surface area contributed by atoms with Crippen molar-refractivity contribution in [1.82, 2.24) is 4.98 Å². The topological polar surface area (TPSA) is 50.2 Å². The highest BCUT2D eigenvalue weighted by molar-refractivity contribution is 7.17. The largest absolute Gasteiger partial charge is 0.477 e. The van der Waals surface area contributed by atoms with Gasteiger partial charge in [0, 0.05) is 12.0 Å². The molecule has 1 aromatic carbocycles. The second-order valence-corrected chi connectivity index (χ2v) is 6.35. The van der Waals surface area contributed by atoms with Crippen molar-refractivity contribution in [3.63, 3.8) is 0 Å². The molecule has 0 aliphatic heterocycles. The molecule has 1 N–H and O–H groups in total. The summed E-state index contributed by atoms with van der Waals surface area (Å²) in [7, 11) is 1.38. The zero-order valence-corrected chi connectivity index (χ0v) is 12.8. The van der Waals surface area contributed by atoms with Gasteiger partial charge in [-0.1, -0.05) is 9.24 Å². The first-order valence-electron chi connectivity index (χ1n) is 5.83. The normalized spacial score (nSPS) is 11.7. The van der Waals surface area contributed by atoms with Crippen molar-refractivity contribution in [2.24, 2.45) is 0 Å². The van der Waals surface area contributed by atoms with Crippen LogP contribution in [0, 0.1) is 12.7 Å². The van der Waals surface area contributed by atoms with Crippen molar-refractivity contribution < 1.29 is 23.1 Å². The van der Waals surface area contributed by atoms with E-state index in [1.807, 2.05) is 0 Å². The third kappa shape index (κ3) is 3.60. The number of thiazole rings is 1. The molecule has 2 aromatic rings. The van der Waals surface area contributed by atoms with Gasteiger partial charge in [-0.15, -0.1) is 11.3 Å². The molecular formula is C13H11F3NO2PS. The lowest BCUT2D eigenvalue weighted by Gasteiger charge is -2.12. The minimum atomic E-state index is -3.17. The van der Waals surface area contributed by atoms with Gasteiger partial charge in [0.25, 0.3) is 5.66 Å². The Kier molecular flexibility index (Phi) is 4.35. The van der Waals surface area contributed by atoms with Gasteiger partial charge in [-0.05, 0) is 30.7 Å². The van der Waals surface area contributed by atoms with Crippen molar-refractivity contribution in [3.8, 4) is 0 Å². The van der Waals surface area contributed by atoms with E-state index >= 15 is 0 Å². The van der Waals surface area contributed by atoms with Gasteiger partial charge in [-0.2, -0.15) is 8.78 Å². The third-order valence-corrected chi connectivity index (χ3v) is 4.12. The molecule has 8 heteroatoms. The number of carbonyl (C=O) groups is 1. The Balaban J connectivity index is 2.42. The highest BCUT2D eigenvalue weighted by atomic mass is 32.1. The zero-order valence-electron chi connectivity index (χ0n) is 10.9. The fourth-order valence-electron chi connectivity index (χ4n) is 1.86. The molecule has 0 radical (unpaired) electrons. The number of aromatic carboxylic acids is 1. The minimum absolute atomic E-state index is 0.00469. The number of benzene rings is 1. The molecule has 112 valence electrons. The molecule has 0 amide bonds. The SMILES string of the molecule is Cc1nc(Cc2cc(C(F)(F)P)ccc2F)c(C(=O)O)s1. The Morgan fingerprint density at radius 3 is 2.71 bits per heavy atom. The monoisotopic (exact) mass is 333 g/mol. The second kappa shape index (κ2) is 5.73. The van der Waals surface area contributed by atoms with E-state index in [4.69, 9.17) is 5.11 Å². The van der Waals surface area contributed by atoms with Crippen molar-refractivity contribution in [1.29, 1.82) is 0 Å². The molecule has 1 atom stereocenters. The zero-order chi connectivity index (χ0) is 15.8. The van der Waals surface area contributed by atoms with Gasteiger partial charge in [0.2, 0.25) is 0 Å². The van der Waals surface area contributed by atoms with Crippen LogP contribution < -0.4 is 0 Å². The first-order valence-corrected chi connectivity index (χ1v) is 7.23. The molecule has 1 heterocycles. The highest BCUT2D eigenvalue weighted by Crippen LogP contribution is 2.36. The Bertz CT molecular complexity index is 697. The van der Waals surface area contributed by atoms with E-state index in [0.717, 1.165) is 29.5 Å². The lowest BCUT2D eigenvalue weighted by atomic mass is 10.0. The van der Waals surface area contributed by atoms with Gasteiger partial charge >= 0.3 is 5.97 Å². The average molecular weight is 333 g/mol. The minimum Gasteiger partial charge on any atom is -0.477 e. The van der Waals surface area contributed by atoms with Crippen molar-refractivity contribution in [2.75, 3.05) is 0 Å². The molecule has 1 unspecified atom stereocenters. The van der Waals surface area contributed by atoms with Crippen LogP contribution in [0.25, 0.3) is 0 Å². The Morgan fingerprint density at radius 2 is 2.14 bits per heavy atom. The summed E-state index contributed by atoms with van der Waals surface area (Å²) in [5.74, 6) is -1.83. The van der Waals surface area contributed by atoms with Gasteiger partial charge in [0.05, 0.1) is 10.7 Å². The molecule has 0 bridgehead atoms. The Labute approximate surface area is 125 Å². The highest BCUT2D eigenvalue weighted by Gasteiger charge is 2.26.